The number of nitro groups is 1. The van der Waals surface area contributed by atoms with Crippen molar-refractivity contribution in [2.75, 3.05) is 29.5 Å². The summed E-state index contributed by atoms with van der Waals surface area (Å²) in [4.78, 5) is 34.7. The average molecular weight is 433 g/mol. The van der Waals surface area contributed by atoms with Crippen LogP contribution in [0.3, 0.4) is 0 Å². The fourth-order valence-corrected chi connectivity index (χ4v) is 3.11. The molecule has 0 saturated carbocycles. The largest absolute Gasteiger partial charge is 0.378 e. The molecule has 0 spiro atoms. The van der Waals surface area contributed by atoms with Gasteiger partial charge >= 0.3 is 5.69 Å². The molecule has 4 aromatic rings. The number of nitrogens with zero attached hydrogens (tertiary/aromatic N) is 5. The quantitative estimate of drug-likeness (QED) is 0.183. The molecule has 0 unspecified atom stereocenters. The molecule has 4 rings (SSSR count). The number of imidazole rings is 1. The summed E-state index contributed by atoms with van der Waals surface area (Å²) >= 11 is 0. The molecule has 3 aromatic heterocycles. The van der Waals surface area contributed by atoms with E-state index in [2.05, 4.69) is 25.6 Å². The number of aromatic nitrogens is 4. The van der Waals surface area contributed by atoms with E-state index in [1.165, 1.54) is 12.1 Å². The number of carbonyl (C=O) groups is 1. The molecule has 0 aliphatic carbocycles. The van der Waals surface area contributed by atoms with Crippen LogP contribution in [-0.2, 0) is 0 Å². The summed E-state index contributed by atoms with van der Waals surface area (Å²) in [6, 6.07) is 11.5. The van der Waals surface area contributed by atoms with Crippen molar-refractivity contribution >= 4 is 34.8 Å². The van der Waals surface area contributed by atoms with Crippen molar-refractivity contribution in [2.24, 2.45) is 5.73 Å². The Morgan fingerprint density at radius 1 is 1.12 bits per heavy atom. The molecule has 1 aromatic carbocycles. The van der Waals surface area contributed by atoms with Gasteiger partial charge in [0.15, 0.2) is 0 Å². The fraction of sp³-hybridized carbons (Fsp3) is 0.100. The van der Waals surface area contributed by atoms with Crippen LogP contribution < -0.4 is 22.1 Å². The van der Waals surface area contributed by atoms with Crippen LogP contribution in [0.25, 0.3) is 16.9 Å². The number of carbonyl (C=O) groups excluding carboxylic acids is 1. The maximum atomic E-state index is 11.5. The van der Waals surface area contributed by atoms with Gasteiger partial charge in [-0.3, -0.25) is 19.3 Å². The van der Waals surface area contributed by atoms with E-state index in [-0.39, 0.29) is 11.5 Å². The molecule has 12 heteroatoms. The molecule has 162 valence electrons. The number of pyridine rings is 1. The van der Waals surface area contributed by atoms with Gasteiger partial charge in [0, 0.05) is 48.7 Å². The Morgan fingerprint density at radius 2 is 1.94 bits per heavy atom. The average Bonchev–Trinajstić information content (AvgIpc) is 3.25. The third-order valence-corrected chi connectivity index (χ3v) is 4.65. The zero-order valence-electron chi connectivity index (χ0n) is 16.7. The fourth-order valence-electron chi connectivity index (χ4n) is 3.11. The minimum atomic E-state index is -0.582. The van der Waals surface area contributed by atoms with Gasteiger partial charge in [-0.05, 0) is 18.2 Å². The molecule has 0 aliphatic rings. The molecule has 1 amide bonds. The minimum Gasteiger partial charge on any atom is -0.378 e. The predicted molar refractivity (Wildman–Crippen MR) is 119 cm³/mol. The summed E-state index contributed by atoms with van der Waals surface area (Å²) in [5.74, 6) is 0.310. The standard InChI is InChI=1S/C20H19N9O3/c21-18-15(29(31)32)4-5-16(27-18)23-6-7-25-20-26-14(11-17-24-8-9-28(17)20)12-2-1-3-13(10-12)19(22)30/h1-5,8-11H,6-7H2,(H2,22,30)(H,25,26)(H3,21,23,27). The summed E-state index contributed by atoms with van der Waals surface area (Å²) in [6.45, 7) is 0.910. The predicted octanol–water partition coefficient (Wildman–Crippen LogP) is 1.90. The van der Waals surface area contributed by atoms with Crippen LogP contribution >= 0.6 is 0 Å². The van der Waals surface area contributed by atoms with E-state index in [0.717, 1.165) is 5.56 Å². The first kappa shape index (κ1) is 20.5. The lowest BCUT2D eigenvalue weighted by atomic mass is 10.1. The van der Waals surface area contributed by atoms with Crippen molar-refractivity contribution in [3.05, 3.63) is 70.5 Å². The molecule has 6 N–H and O–H groups in total. The number of primary amides is 1. The Labute approximate surface area is 181 Å². The second kappa shape index (κ2) is 8.55. The normalized spacial score (nSPS) is 10.8. The lowest BCUT2D eigenvalue weighted by molar-refractivity contribution is -0.384. The van der Waals surface area contributed by atoms with Gasteiger partial charge in [-0.15, -0.1) is 0 Å². The highest BCUT2D eigenvalue weighted by molar-refractivity contribution is 5.94. The van der Waals surface area contributed by atoms with E-state index < -0.39 is 10.8 Å². The Bertz CT molecular complexity index is 1320. The number of amides is 1. The van der Waals surface area contributed by atoms with Gasteiger partial charge in [-0.2, -0.15) is 0 Å². The van der Waals surface area contributed by atoms with Crippen molar-refractivity contribution in [3.63, 3.8) is 0 Å². The van der Waals surface area contributed by atoms with Gasteiger partial charge in [-0.1, -0.05) is 12.1 Å². The number of benzene rings is 1. The highest BCUT2D eigenvalue weighted by Crippen LogP contribution is 2.23. The second-order valence-electron chi connectivity index (χ2n) is 6.78. The monoisotopic (exact) mass is 433 g/mol. The Morgan fingerprint density at radius 3 is 2.69 bits per heavy atom. The zero-order chi connectivity index (χ0) is 22.7. The number of hydrogen-bond acceptors (Lipinski definition) is 9. The van der Waals surface area contributed by atoms with Crippen molar-refractivity contribution in [2.45, 2.75) is 0 Å². The van der Waals surface area contributed by atoms with E-state index >= 15 is 0 Å². The molecule has 0 bridgehead atoms. The lowest BCUT2D eigenvalue weighted by Crippen LogP contribution is -2.17. The van der Waals surface area contributed by atoms with Gasteiger partial charge in [0.05, 0.1) is 10.6 Å². The Kier molecular flexibility index (Phi) is 5.49. The van der Waals surface area contributed by atoms with Crippen LogP contribution in [-0.4, -0.2) is 43.3 Å². The van der Waals surface area contributed by atoms with Gasteiger partial charge < -0.3 is 22.1 Å². The number of nitrogens with two attached hydrogens (primary N) is 2. The van der Waals surface area contributed by atoms with Crippen LogP contribution in [0.15, 0.2) is 54.9 Å². The summed E-state index contributed by atoms with van der Waals surface area (Å²) in [5.41, 5.74) is 13.2. The topological polar surface area (TPSA) is 179 Å². The molecule has 3 heterocycles. The van der Waals surface area contributed by atoms with Crippen LogP contribution in [0, 0.1) is 10.1 Å². The third-order valence-electron chi connectivity index (χ3n) is 4.65. The van der Waals surface area contributed by atoms with E-state index in [9.17, 15) is 14.9 Å². The molecular formula is C20H19N9O3. The highest BCUT2D eigenvalue weighted by atomic mass is 16.6. The van der Waals surface area contributed by atoms with Crippen molar-refractivity contribution < 1.29 is 9.72 Å². The highest BCUT2D eigenvalue weighted by Gasteiger charge is 2.13. The SMILES string of the molecule is NC(=O)c1cccc(-c2cc3nccn3c(NCCNc3ccc([N+](=O)[O-])c(N)n3)n2)c1. The van der Waals surface area contributed by atoms with E-state index in [4.69, 9.17) is 11.5 Å². The lowest BCUT2D eigenvalue weighted by Gasteiger charge is -2.12. The third kappa shape index (κ3) is 4.23. The molecule has 0 atom stereocenters. The van der Waals surface area contributed by atoms with Gasteiger partial charge in [-0.25, -0.2) is 15.0 Å². The number of anilines is 3. The Balaban J connectivity index is 1.49. The first-order valence-corrected chi connectivity index (χ1v) is 9.55. The van der Waals surface area contributed by atoms with Crippen LogP contribution in [0.5, 0.6) is 0 Å². The number of fused-ring (bicyclic) bond motifs is 1. The molecular weight excluding hydrogens is 414 g/mol. The maximum Gasteiger partial charge on any atom is 0.311 e. The molecule has 0 saturated heterocycles. The molecule has 0 aliphatic heterocycles. The van der Waals surface area contributed by atoms with Gasteiger partial charge in [0.2, 0.25) is 17.7 Å². The second-order valence-corrected chi connectivity index (χ2v) is 6.78. The molecule has 32 heavy (non-hydrogen) atoms. The van der Waals surface area contributed by atoms with E-state index in [1.807, 2.05) is 12.1 Å². The van der Waals surface area contributed by atoms with Crippen LogP contribution in [0.1, 0.15) is 10.4 Å². The van der Waals surface area contributed by atoms with Gasteiger partial charge in [0.1, 0.15) is 11.5 Å². The van der Waals surface area contributed by atoms with Crippen molar-refractivity contribution in [3.8, 4) is 11.3 Å². The minimum absolute atomic E-state index is 0.152. The zero-order valence-corrected chi connectivity index (χ0v) is 16.7. The van der Waals surface area contributed by atoms with E-state index in [1.54, 1.807) is 35.0 Å². The van der Waals surface area contributed by atoms with Crippen LogP contribution in [0.2, 0.25) is 0 Å². The van der Waals surface area contributed by atoms with Crippen LogP contribution in [0.4, 0.5) is 23.3 Å². The molecule has 0 fully saturated rings. The smallest absolute Gasteiger partial charge is 0.311 e. The van der Waals surface area contributed by atoms with Crippen molar-refractivity contribution in [1.29, 1.82) is 0 Å². The number of nitrogen functional groups attached to an aromatic ring is 1. The first-order valence-electron chi connectivity index (χ1n) is 9.55. The summed E-state index contributed by atoms with van der Waals surface area (Å²) in [5, 5.41) is 17.1. The number of rotatable bonds is 8. The summed E-state index contributed by atoms with van der Waals surface area (Å²) in [7, 11) is 0. The number of nitrogens with one attached hydrogen (secondary N) is 2. The maximum absolute atomic E-state index is 11.5. The summed E-state index contributed by atoms with van der Waals surface area (Å²) in [6.07, 6.45) is 3.44. The first-order chi connectivity index (χ1) is 15.4. The van der Waals surface area contributed by atoms with Gasteiger partial charge in [0.25, 0.3) is 0 Å². The summed E-state index contributed by atoms with van der Waals surface area (Å²) < 4.78 is 1.80. The number of hydrogen-bond donors (Lipinski definition) is 4. The molecule has 12 nitrogen and oxygen atoms in total. The van der Waals surface area contributed by atoms with E-state index in [0.29, 0.717) is 41.8 Å². The van der Waals surface area contributed by atoms with Crippen molar-refractivity contribution in [1.82, 2.24) is 19.4 Å². The molecule has 0 radical (unpaired) electrons. The Hall–Kier alpha value is -4.74.